The lowest BCUT2D eigenvalue weighted by atomic mass is 9.96. The summed E-state index contributed by atoms with van der Waals surface area (Å²) in [5, 5.41) is 0. The number of Topliss-reactive ketones (excluding diaryl/α,β-unsaturated/α-hetero) is 2. The van der Waals surface area contributed by atoms with Gasteiger partial charge in [0.15, 0.2) is 30.3 Å². The van der Waals surface area contributed by atoms with E-state index in [0.29, 0.717) is 12.8 Å². The Morgan fingerprint density at radius 3 is 1.81 bits per heavy atom. The van der Waals surface area contributed by atoms with Crippen LogP contribution in [-0.2, 0) is 61.3 Å². The lowest BCUT2D eigenvalue weighted by Crippen LogP contribution is -2.62. The second-order valence-electron chi connectivity index (χ2n) is 11.9. The molecule has 0 amide bonds. The zero-order valence-electron chi connectivity index (χ0n) is 29.2. The number of hydrogen-bond acceptors (Lipinski definition) is 13. The van der Waals surface area contributed by atoms with E-state index in [-0.39, 0.29) is 50.5 Å². The molecule has 0 aromatic carbocycles. The highest BCUT2D eigenvalue weighted by molar-refractivity contribution is 7.55. The molecule has 0 saturated carbocycles. The molecule has 0 aromatic heterocycles. The summed E-state index contributed by atoms with van der Waals surface area (Å²) in [5.41, 5.74) is -1.29. The number of carbonyl (C=O) groups is 5. The first-order chi connectivity index (χ1) is 21.9. The number of ketones is 2. The van der Waals surface area contributed by atoms with Gasteiger partial charge in [-0.2, -0.15) is 0 Å². The molecule has 1 rings (SSSR count). The van der Waals surface area contributed by atoms with Gasteiger partial charge < -0.3 is 42.3 Å². The van der Waals surface area contributed by atoms with E-state index in [1.165, 1.54) is 20.8 Å². The van der Waals surface area contributed by atoms with Gasteiger partial charge in [0.05, 0.1) is 37.8 Å². The smallest absolute Gasteiger partial charge is 0.344 e. The Bertz CT molecular complexity index is 1170. The Balaban J connectivity index is 3.62. The Labute approximate surface area is 278 Å². The second-order valence-corrected chi connectivity index (χ2v) is 14.3. The van der Waals surface area contributed by atoms with Crippen molar-refractivity contribution in [2.75, 3.05) is 13.2 Å². The van der Waals surface area contributed by atoms with Gasteiger partial charge >= 0.3 is 25.5 Å². The summed E-state index contributed by atoms with van der Waals surface area (Å²) in [5.74, 6) is -3.15. The van der Waals surface area contributed by atoms with Gasteiger partial charge in [-0.3, -0.25) is 18.9 Å². The van der Waals surface area contributed by atoms with Crippen molar-refractivity contribution in [3.05, 3.63) is 24.3 Å². The highest BCUT2D eigenvalue weighted by atomic mass is 31.2. The predicted octanol–water partition coefficient (Wildman–Crippen LogP) is 5.57. The van der Waals surface area contributed by atoms with Gasteiger partial charge in [0, 0.05) is 12.8 Å². The molecule has 14 heteroatoms. The first kappa shape index (κ1) is 42.3. The van der Waals surface area contributed by atoms with Crippen molar-refractivity contribution in [1.82, 2.24) is 0 Å². The zero-order valence-corrected chi connectivity index (χ0v) is 30.1. The molecule has 0 N–H and O–H groups in total. The lowest BCUT2D eigenvalue weighted by molar-refractivity contribution is -0.318. The molecule has 0 radical (unpaired) electrons. The number of allylic oxidation sites excluding steroid dienone is 2. The number of esters is 3. The molecule has 1 heterocycles. The first-order valence-electron chi connectivity index (χ1n) is 16.0. The summed E-state index contributed by atoms with van der Waals surface area (Å²) in [6, 6.07) is 0. The van der Waals surface area contributed by atoms with Crippen LogP contribution in [0.25, 0.3) is 0 Å². The van der Waals surface area contributed by atoms with Gasteiger partial charge in [-0.25, -0.2) is 0 Å². The molecular formula is C33H53O13P. The van der Waals surface area contributed by atoms with Crippen LogP contribution < -0.4 is 0 Å². The van der Waals surface area contributed by atoms with Crippen LogP contribution in [0.3, 0.4) is 0 Å². The van der Waals surface area contributed by atoms with Crippen molar-refractivity contribution < 1.29 is 61.3 Å². The molecule has 1 aliphatic rings. The molecule has 1 fully saturated rings. The molecule has 1 aliphatic heterocycles. The van der Waals surface area contributed by atoms with E-state index in [1.54, 1.807) is 33.8 Å². The van der Waals surface area contributed by atoms with Gasteiger partial charge in [0.1, 0.15) is 11.6 Å². The minimum absolute atomic E-state index is 0.00121. The van der Waals surface area contributed by atoms with E-state index in [9.17, 15) is 28.5 Å². The number of hydrogen-bond donors (Lipinski definition) is 0. The van der Waals surface area contributed by atoms with Crippen LogP contribution in [0, 0.1) is 0 Å². The molecule has 47 heavy (non-hydrogen) atoms. The van der Waals surface area contributed by atoms with Gasteiger partial charge in [-0.1, -0.05) is 17.7 Å². The molecule has 1 unspecified atom stereocenters. The molecule has 0 aliphatic carbocycles. The van der Waals surface area contributed by atoms with E-state index in [2.05, 4.69) is 6.58 Å². The van der Waals surface area contributed by atoms with E-state index >= 15 is 0 Å². The number of ether oxygens (including phenoxy) is 5. The van der Waals surface area contributed by atoms with Gasteiger partial charge in [-0.05, 0) is 75.2 Å². The predicted molar refractivity (Wildman–Crippen MR) is 172 cm³/mol. The Hall–Kier alpha value is -2.70. The Morgan fingerprint density at radius 1 is 0.851 bits per heavy atom. The average molecular weight is 689 g/mol. The normalized spacial score (nSPS) is 23.0. The molecule has 0 bridgehead atoms. The van der Waals surface area contributed by atoms with E-state index in [1.807, 2.05) is 19.9 Å². The minimum atomic E-state index is -3.96. The maximum atomic E-state index is 13.4. The van der Waals surface area contributed by atoms with Crippen molar-refractivity contribution in [2.45, 2.75) is 143 Å². The summed E-state index contributed by atoms with van der Waals surface area (Å²) in [6.07, 6.45) is -2.87. The fourth-order valence-electron chi connectivity index (χ4n) is 4.57. The molecule has 13 nitrogen and oxygen atoms in total. The SMILES string of the molecule is C=C[C@@](C)(CCC=C(C)C)O[C@@H]1O[C@H](C)[C@@H](OC(=O)C(C)P(=O)(OCC)OCC)[C@H](OC(=O)CCC(C)=O)[C@H]1OC(=O)CCC(C)=O. The molecule has 1 saturated heterocycles. The van der Waals surface area contributed by atoms with Crippen molar-refractivity contribution in [1.29, 1.82) is 0 Å². The highest BCUT2D eigenvalue weighted by Gasteiger charge is 2.54. The standard InChI is InChI=1S/C33H53O13P/c1-11-33(10,20-14-15-21(4)5)46-32-30(44-27(37)19-17-23(7)35)29(43-26(36)18-16-22(6)34)28(24(8)42-32)45-31(38)25(9)47(39,40-12-2)41-13-3/h11,15,24-25,28-30,32H,1,12-14,16-20H2,2-10H3/t24-,25?,28-,29+,30-,32+,33+/m1/s1. The first-order valence-corrected chi connectivity index (χ1v) is 17.6. The zero-order chi connectivity index (χ0) is 35.9. The van der Waals surface area contributed by atoms with Crippen molar-refractivity contribution in [3.63, 3.8) is 0 Å². The van der Waals surface area contributed by atoms with Crippen LogP contribution in [0.5, 0.6) is 0 Å². The number of carbonyl (C=O) groups excluding carboxylic acids is 5. The van der Waals surface area contributed by atoms with Crippen molar-refractivity contribution in [2.24, 2.45) is 0 Å². The van der Waals surface area contributed by atoms with E-state index in [0.717, 1.165) is 5.57 Å². The van der Waals surface area contributed by atoms with E-state index < -0.39 is 67.5 Å². The number of rotatable bonds is 21. The fourth-order valence-corrected chi connectivity index (χ4v) is 6.13. The Kier molecular flexibility index (Phi) is 18.0. The molecule has 268 valence electrons. The van der Waals surface area contributed by atoms with Crippen LogP contribution in [0.4, 0.5) is 0 Å². The third-order valence-corrected chi connectivity index (χ3v) is 9.72. The van der Waals surface area contributed by atoms with Crippen molar-refractivity contribution in [3.8, 4) is 0 Å². The monoisotopic (exact) mass is 688 g/mol. The summed E-state index contributed by atoms with van der Waals surface area (Å²) in [7, 11) is -3.96. The maximum Gasteiger partial charge on any atom is 0.344 e. The summed E-state index contributed by atoms with van der Waals surface area (Å²) in [6.45, 7) is 18.3. The third kappa shape index (κ3) is 14.1. The fraction of sp³-hybridized carbons (Fsp3) is 0.727. The average Bonchev–Trinajstić information content (AvgIpc) is 2.98. The molecule has 0 aromatic rings. The molecule has 7 atom stereocenters. The largest absolute Gasteiger partial charge is 0.455 e. The minimum Gasteiger partial charge on any atom is -0.455 e. The molecular weight excluding hydrogens is 635 g/mol. The second kappa shape index (κ2) is 20.0. The highest BCUT2D eigenvalue weighted by Crippen LogP contribution is 2.53. The van der Waals surface area contributed by atoms with Gasteiger partial charge in [0.25, 0.3) is 0 Å². The van der Waals surface area contributed by atoms with Crippen LogP contribution in [-0.4, -0.2) is 84.7 Å². The van der Waals surface area contributed by atoms with Crippen LogP contribution in [0.15, 0.2) is 24.3 Å². The summed E-state index contributed by atoms with van der Waals surface area (Å²) < 4.78 is 53.8. The van der Waals surface area contributed by atoms with Crippen molar-refractivity contribution >= 4 is 37.1 Å². The van der Waals surface area contributed by atoms with Gasteiger partial charge in [0.2, 0.25) is 0 Å². The third-order valence-electron chi connectivity index (χ3n) is 7.32. The van der Waals surface area contributed by atoms with Crippen LogP contribution in [0.1, 0.15) is 101 Å². The molecule has 0 spiro atoms. The van der Waals surface area contributed by atoms with Crippen LogP contribution >= 0.6 is 7.60 Å². The quantitative estimate of drug-likeness (QED) is 0.0636. The van der Waals surface area contributed by atoms with Gasteiger partial charge in [-0.15, -0.1) is 6.58 Å². The Morgan fingerprint density at radius 2 is 1.36 bits per heavy atom. The summed E-state index contributed by atoms with van der Waals surface area (Å²) >= 11 is 0. The lowest BCUT2D eigenvalue weighted by Gasteiger charge is -2.46. The maximum absolute atomic E-state index is 13.4. The van der Waals surface area contributed by atoms with E-state index in [4.69, 9.17) is 32.7 Å². The topological polar surface area (TPSA) is 167 Å². The summed E-state index contributed by atoms with van der Waals surface area (Å²) in [4.78, 5) is 62.7. The van der Waals surface area contributed by atoms with Crippen LogP contribution in [0.2, 0.25) is 0 Å².